The van der Waals surface area contributed by atoms with Gasteiger partial charge in [0.05, 0.1) is 0 Å². The van der Waals surface area contributed by atoms with Gasteiger partial charge in [-0.1, -0.05) is 32.9 Å². The molecule has 4 nitrogen and oxygen atoms in total. The zero-order valence-electron chi connectivity index (χ0n) is 14.2. The molecule has 0 saturated carbocycles. The van der Waals surface area contributed by atoms with Gasteiger partial charge < -0.3 is 10.6 Å². The first-order chi connectivity index (χ1) is 10.1. The SMILES string of the molecule is CCN(CC)Cc1cccc(NC(=O)C(C)C2CNC2)c1.Cl.Cl. The molecule has 1 aliphatic heterocycles. The Bertz CT molecular complexity index is 477. The Kier molecular flexibility index (Phi) is 10.5. The summed E-state index contributed by atoms with van der Waals surface area (Å²) in [5.74, 6) is 0.669. The van der Waals surface area contributed by atoms with Crippen LogP contribution in [0.25, 0.3) is 0 Å². The molecule has 23 heavy (non-hydrogen) atoms. The van der Waals surface area contributed by atoms with Gasteiger partial charge in [-0.25, -0.2) is 0 Å². The molecule has 1 unspecified atom stereocenters. The van der Waals surface area contributed by atoms with Gasteiger partial charge in [-0.2, -0.15) is 0 Å². The summed E-state index contributed by atoms with van der Waals surface area (Å²) in [7, 11) is 0. The van der Waals surface area contributed by atoms with Crippen molar-refractivity contribution in [1.82, 2.24) is 10.2 Å². The number of hydrogen-bond donors (Lipinski definition) is 2. The molecule has 0 aromatic heterocycles. The summed E-state index contributed by atoms with van der Waals surface area (Å²) in [6, 6.07) is 8.19. The fourth-order valence-corrected chi connectivity index (χ4v) is 2.59. The predicted molar refractivity (Wildman–Crippen MR) is 102 cm³/mol. The van der Waals surface area contributed by atoms with E-state index in [2.05, 4.69) is 41.5 Å². The topological polar surface area (TPSA) is 44.4 Å². The number of halogens is 2. The average Bonchev–Trinajstić information content (AvgIpc) is 2.43. The molecular weight excluding hydrogens is 333 g/mol. The minimum atomic E-state index is 0. The number of hydrogen-bond acceptors (Lipinski definition) is 3. The normalized spacial score (nSPS) is 15.1. The molecule has 1 fully saturated rings. The maximum Gasteiger partial charge on any atom is 0.227 e. The monoisotopic (exact) mass is 361 g/mol. The Morgan fingerprint density at radius 2 is 1.96 bits per heavy atom. The second kappa shape index (κ2) is 10.9. The molecule has 0 bridgehead atoms. The molecule has 132 valence electrons. The molecule has 1 atom stereocenters. The molecule has 1 aliphatic rings. The number of amides is 1. The van der Waals surface area contributed by atoms with Crippen molar-refractivity contribution < 1.29 is 4.79 Å². The van der Waals surface area contributed by atoms with Crippen LogP contribution in [0.3, 0.4) is 0 Å². The zero-order valence-corrected chi connectivity index (χ0v) is 15.8. The maximum absolute atomic E-state index is 12.2. The summed E-state index contributed by atoms with van der Waals surface area (Å²) >= 11 is 0. The van der Waals surface area contributed by atoms with E-state index in [1.165, 1.54) is 5.56 Å². The summed E-state index contributed by atoms with van der Waals surface area (Å²) in [5, 5.41) is 6.27. The third kappa shape index (κ3) is 6.30. The van der Waals surface area contributed by atoms with E-state index in [0.29, 0.717) is 5.92 Å². The van der Waals surface area contributed by atoms with Gasteiger partial charge in [-0.05, 0) is 49.8 Å². The van der Waals surface area contributed by atoms with Crippen molar-refractivity contribution in [2.45, 2.75) is 27.3 Å². The van der Waals surface area contributed by atoms with Crippen LogP contribution in [0, 0.1) is 11.8 Å². The lowest BCUT2D eigenvalue weighted by Crippen LogP contribution is -2.48. The molecule has 1 aromatic rings. The van der Waals surface area contributed by atoms with Crippen molar-refractivity contribution in [2.75, 3.05) is 31.5 Å². The molecule has 2 N–H and O–H groups in total. The van der Waals surface area contributed by atoms with Crippen molar-refractivity contribution >= 4 is 36.4 Å². The first kappa shape index (κ1) is 22.2. The van der Waals surface area contributed by atoms with Gasteiger partial charge in [0.25, 0.3) is 0 Å². The zero-order chi connectivity index (χ0) is 15.2. The first-order valence-corrected chi connectivity index (χ1v) is 7.96. The Hall–Kier alpha value is -0.810. The highest BCUT2D eigenvalue weighted by atomic mass is 35.5. The number of nitrogens with one attached hydrogen (secondary N) is 2. The largest absolute Gasteiger partial charge is 0.326 e. The van der Waals surface area contributed by atoms with Gasteiger partial charge in [0.2, 0.25) is 5.91 Å². The summed E-state index contributed by atoms with van der Waals surface area (Å²) in [6.45, 7) is 11.3. The van der Waals surface area contributed by atoms with Gasteiger partial charge in [0.1, 0.15) is 0 Å². The minimum absolute atomic E-state index is 0. The summed E-state index contributed by atoms with van der Waals surface area (Å²) in [6.07, 6.45) is 0. The smallest absolute Gasteiger partial charge is 0.227 e. The number of rotatable bonds is 7. The molecule has 1 aromatic carbocycles. The molecule has 0 spiro atoms. The van der Waals surface area contributed by atoms with E-state index in [9.17, 15) is 4.79 Å². The number of carbonyl (C=O) groups is 1. The highest BCUT2D eigenvalue weighted by Crippen LogP contribution is 2.19. The van der Waals surface area contributed by atoms with E-state index in [0.717, 1.165) is 38.4 Å². The Labute approximate surface area is 152 Å². The number of benzene rings is 1. The van der Waals surface area contributed by atoms with E-state index in [4.69, 9.17) is 0 Å². The molecule has 1 saturated heterocycles. The molecule has 0 radical (unpaired) electrons. The quantitative estimate of drug-likeness (QED) is 0.783. The van der Waals surface area contributed by atoms with E-state index in [1.807, 2.05) is 19.1 Å². The van der Waals surface area contributed by atoms with E-state index in [1.54, 1.807) is 0 Å². The predicted octanol–water partition coefficient (Wildman–Crippen LogP) is 3.17. The van der Waals surface area contributed by atoms with Crippen molar-refractivity contribution in [2.24, 2.45) is 11.8 Å². The van der Waals surface area contributed by atoms with E-state index in [-0.39, 0.29) is 36.6 Å². The van der Waals surface area contributed by atoms with Crippen molar-refractivity contribution in [3.8, 4) is 0 Å². The van der Waals surface area contributed by atoms with Gasteiger partial charge in [-0.15, -0.1) is 24.8 Å². The van der Waals surface area contributed by atoms with Gasteiger partial charge in [0, 0.05) is 18.2 Å². The standard InChI is InChI=1S/C17H27N3O.2ClH/c1-4-20(5-2)12-14-7-6-8-16(9-14)19-17(21)13(3)15-10-18-11-15;;/h6-9,13,15,18H,4-5,10-12H2,1-3H3,(H,19,21);2*1H. The Balaban J connectivity index is 0.00000242. The van der Waals surface area contributed by atoms with Crippen molar-refractivity contribution in [1.29, 1.82) is 0 Å². The van der Waals surface area contributed by atoms with Crippen molar-refractivity contribution in [3.05, 3.63) is 29.8 Å². The second-order valence-corrected chi connectivity index (χ2v) is 5.86. The van der Waals surface area contributed by atoms with Crippen LogP contribution in [0.1, 0.15) is 26.3 Å². The molecule has 1 heterocycles. The molecule has 1 amide bonds. The summed E-state index contributed by atoms with van der Waals surface area (Å²) in [4.78, 5) is 14.6. The van der Waals surface area contributed by atoms with Gasteiger partial charge >= 0.3 is 0 Å². The maximum atomic E-state index is 12.2. The molecule has 0 aliphatic carbocycles. The number of carbonyl (C=O) groups excluding carboxylic acids is 1. The van der Waals surface area contributed by atoms with Crippen LogP contribution >= 0.6 is 24.8 Å². The number of anilines is 1. The summed E-state index contributed by atoms with van der Waals surface area (Å²) < 4.78 is 0. The van der Waals surface area contributed by atoms with Gasteiger partial charge in [0.15, 0.2) is 0 Å². The van der Waals surface area contributed by atoms with Crippen LogP contribution in [0.2, 0.25) is 0 Å². The van der Waals surface area contributed by atoms with Crippen molar-refractivity contribution in [3.63, 3.8) is 0 Å². The molecule has 6 heteroatoms. The minimum Gasteiger partial charge on any atom is -0.326 e. The van der Waals surface area contributed by atoms with Crippen LogP contribution in [0.15, 0.2) is 24.3 Å². The lowest BCUT2D eigenvalue weighted by atomic mass is 9.88. The Morgan fingerprint density at radius 3 is 2.48 bits per heavy atom. The van der Waals surface area contributed by atoms with E-state index < -0.39 is 0 Å². The average molecular weight is 362 g/mol. The molecule has 2 rings (SSSR count). The van der Waals surface area contributed by atoms with Crippen LogP contribution in [-0.2, 0) is 11.3 Å². The third-order valence-corrected chi connectivity index (χ3v) is 4.43. The highest BCUT2D eigenvalue weighted by Gasteiger charge is 2.28. The lowest BCUT2D eigenvalue weighted by Gasteiger charge is -2.31. The van der Waals surface area contributed by atoms with E-state index >= 15 is 0 Å². The third-order valence-electron chi connectivity index (χ3n) is 4.43. The second-order valence-electron chi connectivity index (χ2n) is 5.86. The lowest BCUT2D eigenvalue weighted by molar-refractivity contribution is -0.121. The van der Waals surface area contributed by atoms with Crippen LogP contribution < -0.4 is 10.6 Å². The van der Waals surface area contributed by atoms with Crippen LogP contribution in [0.4, 0.5) is 5.69 Å². The summed E-state index contributed by atoms with van der Waals surface area (Å²) in [5.41, 5.74) is 2.15. The highest BCUT2D eigenvalue weighted by molar-refractivity contribution is 5.92. The molecular formula is C17H29Cl2N3O. The van der Waals surface area contributed by atoms with Gasteiger partial charge in [-0.3, -0.25) is 9.69 Å². The Morgan fingerprint density at radius 1 is 1.30 bits per heavy atom. The van der Waals surface area contributed by atoms with Crippen LogP contribution in [-0.4, -0.2) is 37.0 Å². The first-order valence-electron chi connectivity index (χ1n) is 7.96. The number of nitrogens with zero attached hydrogens (tertiary/aromatic N) is 1. The fraction of sp³-hybridized carbons (Fsp3) is 0.588. The fourth-order valence-electron chi connectivity index (χ4n) is 2.59. The van der Waals surface area contributed by atoms with Crippen LogP contribution in [0.5, 0.6) is 0 Å².